The zero-order valence-electron chi connectivity index (χ0n) is 12.3. The Balaban J connectivity index is 1.97. The van der Waals surface area contributed by atoms with Gasteiger partial charge in [0.15, 0.2) is 0 Å². The van der Waals surface area contributed by atoms with E-state index in [-0.39, 0.29) is 18.4 Å². The molecule has 114 valence electrons. The zero-order chi connectivity index (χ0) is 15.9. The molecule has 0 bridgehead atoms. The summed E-state index contributed by atoms with van der Waals surface area (Å²) in [4.78, 5) is 25.3. The molecule has 0 aliphatic carbocycles. The summed E-state index contributed by atoms with van der Waals surface area (Å²) in [6.45, 7) is 1.92. The van der Waals surface area contributed by atoms with Crippen LogP contribution in [-0.4, -0.2) is 23.3 Å². The van der Waals surface area contributed by atoms with Crippen LogP contribution in [0.15, 0.2) is 59.1 Å². The first-order chi connectivity index (χ1) is 10.5. The second kappa shape index (κ2) is 7.75. The molecule has 2 rings (SSSR count). The molecule has 0 atom stereocenters. The van der Waals surface area contributed by atoms with Crippen molar-refractivity contribution < 1.29 is 9.59 Å². The topological polar surface area (TPSA) is 49.4 Å². The number of anilines is 1. The van der Waals surface area contributed by atoms with Crippen molar-refractivity contribution in [3.63, 3.8) is 0 Å². The first-order valence-electron chi connectivity index (χ1n) is 6.89. The molecule has 22 heavy (non-hydrogen) atoms. The molecule has 1 N–H and O–H groups in total. The molecular weight excluding hydrogens is 344 g/mol. The number of carbonyl (C=O) groups excluding carboxylic acids is 2. The van der Waals surface area contributed by atoms with Crippen molar-refractivity contribution >= 4 is 33.4 Å². The normalized spacial score (nSPS) is 10.1. The van der Waals surface area contributed by atoms with Gasteiger partial charge in [-0.05, 0) is 29.8 Å². The number of nitrogens with one attached hydrogen (secondary N) is 1. The molecule has 0 unspecified atom stereocenters. The van der Waals surface area contributed by atoms with Crippen molar-refractivity contribution in [2.24, 2.45) is 0 Å². The lowest BCUT2D eigenvalue weighted by Gasteiger charge is -2.20. The van der Waals surface area contributed by atoms with E-state index >= 15 is 0 Å². The third kappa shape index (κ3) is 5.00. The number of amides is 2. The van der Waals surface area contributed by atoms with Crippen LogP contribution >= 0.6 is 15.9 Å². The summed E-state index contributed by atoms with van der Waals surface area (Å²) < 4.78 is 0.944. The number of hydrogen-bond acceptors (Lipinski definition) is 2. The maximum Gasteiger partial charge on any atom is 0.244 e. The molecule has 0 spiro atoms. The number of benzene rings is 2. The van der Waals surface area contributed by atoms with Gasteiger partial charge < -0.3 is 10.2 Å². The molecule has 0 aromatic heterocycles. The minimum Gasteiger partial charge on any atom is -0.329 e. The smallest absolute Gasteiger partial charge is 0.244 e. The highest BCUT2D eigenvalue weighted by Crippen LogP contribution is 2.14. The molecule has 0 fully saturated rings. The van der Waals surface area contributed by atoms with Crippen LogP contribution in [0.3, 0.4) is 0 Å². The van der Waals surface area contributed by atoms with E-state index in [0.29, 0.717) is 12.2 Å². The Morgan fingerprint density at radius 3 is 2.27 bits per heavy atom. The van der Waals surface area contributed by atoms with Crippen molar-refractivity contribution in [2.75, 3.05) is 11.9 Å². The minimum atomic E-state index is -0.214. The van der Waals surface area contributed by atoms with Gasteiger partial charge in [-0.2, -0.15) is 0 Å². The van der Waals surface area contributed by atoms with Crippen molar-refractivity contribution in [1.82, 2.24) is 4.90 Å². The predicted octanol–water partition coefficient (Wildman–Crippen LogP) is 3.44. The molecule has 2 aromatic carbocycles. The SMILES string of the molecule is CC(=O)N(CC(=O)Nc1ccc(Br)cc1)Cc1ccccc1. The Kier molecular flexibility index (Phi) is 5.72. The van der Waals surface area contributed by atoms with Gasteiger partial charge in [0.05, 0.1) is 0 Å². The molecule has 0 saturated heterocycles. The summed E-state index contributed by atoms with van der Waals surface area (Å²) in [7, 11) is 0. The fourth-order valence-electron chi connectivity index (χ4n) is 1.99. The average Bonchev–Trinajstić information content (AvgIpc) is 2.50. The summed E-state index contributed by atoms with van der Waals surface area (Å²) in [6, 6.07) is 16.9. The Morgan fingerprint density at radius 1 is 1.05 bits per heavy atom. The van der Waals surface area contributed by atoms with Gasteiger partial charge in [-0.1, -0.05) is 46.3 Å². The summed E-state index contributed by atoms with van der Waals surface area (Å²) in [5.41, 5.74) is 1.70. The fourth-order valence-corrected chi connectivity index (χ4v) is 2.25. The van der Waals surface area contributed by atoms with Gasteiger partial charge in [0.25, 0.3) is 0 Å². The number of hydrogen-bond donors (Lipinski definition) is 1. The van der Waals surface area contributed by atoms with E-state index in [0.717, 1.165) is 10.0 Å². The first-order valence-corrected chi connectivity index (χ1v) is 7.69. The number of halogens is 1. The first kappa shape index (κ1) is 16.2. The van der Waals surface area contributed by atoms with Gasteiger partial charge in [-0.3, -0.25) is 9.59 Å². The second-order valence-corrected chi connectivity index (χ2v) is 5.83. The van der Waals surface area contributed by atoms with Crippen LogP contribution < -0.4 is 5.32 Å². The third-order valence-corrected chi connectivity index (χ3v) is 3.65. The summed E-state index contributed by atoms with van der Waals surface area (Å²) in [5, 5.41) is 2.79. The summed E-state index contributed by atoms with van der Waals surface area (Å²) in [6.07, 6.45) is 0. The molecule has 0 radical (unpaired) electrons. The van der Waals surface area contributed by atoms with Gasteiger partial charge >= 0.3 is 0 Å². The molecule has 0 aliphatic rings. The lowest BCUT2D eigenvalue weighted by atomic mass is 10.2. The van der Waals surface area contributed by atoms with Gasteiger partial charge in [0.2, 0.25) is 11.8 Å². The van der Waals surface area contributed by atoms with E-state index < -0.39 is 0 Å². The molecule has 5 heteroatoms. The van der Waals surface area contributed by atoms with Crippen LogP contribution in [0, 0.1) is 0 Å². The lowest BCUT2D eigenvalue weighted by Crippen LogP contribution is -2.36. The Labute approximate surface area is 138 Å². The maximum absolute atomic E-state index is 12.1. The zero-order valence-corrected chi connectivity index (χ0v) is 13.8. The Hall–Kier alpha value is -2.14. The minimum absolute atomic E-state index is 0.0281. The molecule has 0 aliphatic heterocycles. The number of rotatable bonds is 5. The highest BCUT2D eigenvalue weighted by Gasteiger charge is 2.14. The molecular formula is C17H17BrN2O2. The van der Waals surface area contributed by atoms with E-state index in [1.165, 1.54) is 11.8 Å². The standard InChI is InChI=1S/C17H17BrN2O2/c1-13(21)20(11-14-5-3-2-4-6-14)12-17(22)19-16-9-7-15(18)8-10-16/h2-10H,11-12H2,1H3,(H,19,22). The predicted molar refractivity (Wildman–Crippen MR) is 90.3 cm³/mol. The molecule has 2 aromatic rings. The van der Waals surface area contributed by atoms with Crippen LogP contribution in [0.1, 0.15) is 12.5 Å². The fraction of sp³-hybridized carbons (Fsp3) is 0.176. The van der Waals surface area contributed by atoms with E-state index in [1.807, 2.05) is 42.5 Å². The highest BCUT2D eigenvalue weighted by molar-refractivity contribution is 9.10. The van der Waals surface area contributed by atoms with Crippen LogP contribution in [0.4, 0.5) is 5.69 Å². The van der Waals surface area contributed by atoms with Crippen molar-refractivity contribution in [2.45, 2.75) is 13.5 Å². The van der Waals surface area contributed by atoms with E-state index in [9.17, 15) is 9.59 Å². The molecule has 0 heterocycles. The van der Waals surface area contributed by atoms with Crippen LogP contribution in [0.25, 0.3) is 0 Å². The molecule has 0 saturated carbocycles. The van der Waals surface area contributed by atoms with Crippen molar-refractivity contribution in [3.8, 4) is 0 Å². The van der Waals surface area contributed by atoms with Crippen molar-refractivity contribution in [1.29, 1.82) is 0 Å². The van der Waals surface area contributed by atoms with Crippen molar-refractivity contribution in [3.05, 3.63) is 64.6 Å². The average molecular weight is 361 g/mol. The van der Waals surface area contributed by atoms with E-state index in [4.69, 9.17) is 0 Å². The Bertz CT molecular complexity index is 641. The van der Waals surface area contributed by atoms with Gasteiger partial charge in [-0.15, -0.1) is 0 Å². The third-order valence-electron chi connectivity index (χ3n) is 3.12. The monoisotopic (exact) mass is 360 g/mol. The lowest BCUT2D eigenvalue weighted by molar-refractivity contribution is -0.133. The largest absolute Gasteiger partial charge is 0.329 e. The summed E-state index contributed by atoms with van der Waals surface area (Å²) in [5.74, 6) is -0.344. The van der Waals surface area contributed by atoms with E-state index in [1.54, 1.807) is 12.1 Å². The second-order valence-electron chi connectivity index (χ2n) is 4.92. The Morgan fingerprint density at radius 2 is 1.68 bits per heavy atom. The van der Waals surface area contributed by atoms with Crippen LogP contribution in [0.2, 0.25) is 0 Å². The van der Waals surface area contributed by atoms with Gasteiger partial charge in [-0.25, -0.2) is 0 Å². The molecule has 4 nitrogen and oxygen atoms in total. The quantitative estimate of drug-likeness (QED) is 0.887. The number of carbonyl (C=O) groups is 2. The highest BCUT2D eigenvalue weighted by atomic mass is 79.9. The maximum atomic E-state index is 12.1. The van der Waals surface area contributed by atoms with Gasteiger partial charge in [0.1, 0.15) is 6.54 Å². The van der Waals surface area contributed by atoms with Crippen LogP contribution in [0.5, 0.6) is 0 Å². The van der Waals surface area contributed by atoms with Crippen LogP contribution in [-0.2, 0) is 16.1 Å². The van der Waals surface area contributed by atoms with Gasteiger partial charge in [0, 0.05) is 23.6 Å². The number of nitrogens with zero attached hydrogens (tertiary/aromatic N) is 1. The van der Waals surface area contributed by atoms with E-state index in [2.05, 4.69) is 21.2 Å². The molecule has 2 amide bonds. The summed E-state index contributed by atoms with van der Waals surface area (Å²) >= 11 is 3.34.